The smallest absolute Gasteiger partial charge is 0.327 e. The number of rotatable bonds is 4. The van der Waals surface area contributed by atoms with Crippen LogP contribution in [0.15, 0.2) is 51.2 Å². The summed E-state index contributed by atoms with van der Waals surface area (Å²) < 4.78 is 16.2. The van der Waals surface area contributed by atoms with Gasteiger partial charge in [0, 0.05) is 17.7 Å². The SMILES string of the molecule is O=c1c(OC2=C(O)C(O)[C@H](O)C(CO)O2)c(-c2ccc(O)c(O)c2)oc2cc(O)cc(O)c12. The van der Waals surface area contributed by atoms with Gasteiger partial charge >= 0.3 is 5.95 Å². The first-order valence-corrected chi connectivity index (χ1v) is 9.42. The van der Waals surface area contributed by atoms with Crippen LogP contribution in [0.2, 0.25) is 0 Å². The first kappa shape index (κ1) is 22.1. The first-order valence-electron chi connectivity index (χ1n) is 9.42. The average molecular weight is 462 g/mol. The molecule has 2 heterocycles. The van der Waals surface area contributed by atoms with E-state index in [1.807, 2.05) is 0 Å². The Kier molecular flexibility index (Phi) is 5.41. The van der Waals surface area contributed by atoms with Crippen molar-refractivity contribution < 1.29 is 54.7 Å². The lowest BCUT2D eigenvalue weighted by Crippen LogP contribution is -2.47. The molecule has 12 nitrogen and oxygen atoms in total. The average Bonchev–Trinajstić information content (AvgIpc) is 2.76. The minimum Gasteiger partial charge on any atom is -0.508 e. The van der Waals surface area contributed by atoms with Crippen molar-refractivity contribution in [1.82, 2.24) is 0 Å². The molecular weight excluding hydrogens is 444 g/mol. The van der Waals surface area contributed by atoms with Gasteiger partial charge in [0.1, 0.15) is 34.7 Å². The third kappa shape index (κ3) is 3.71. The van der Waals surface area contributed by atoms with Crippen molar-refractivity contribution in [2.24, 2.45) is 0 Å². The van der Waals surface area contributed by atoms with E-state index in [9.17, 15) is 45.6 Å². The molecule has 174 valence electrons. The van der Waals surface area contributed by atoms with E-state index in [1.54, 1.807) is 0 Å². The molecule has 4 rings (SSSR count). The summed E-state index contributed by atoms with van der Waals surface area (Å²) in [6.07, 6.45) is -5.02. The lowest BCUT2D eigenvalue weighted by Gasteiger charge is -2.31. The zero-order chi connectivity index (χ0) is 24.0. The van der Waals surface area contributed by atoms with E-state index in [2.05, 4.69) is 0 Å². The second kappa shape index (κ2) is 8.09. The monoisotopic (exact) mass is 462 g/mol. The summed E-state index contributed by atoms with van der Waals surface area (Å²) in [6.45, 7) is -0.774. The number of phenols is 4. The second-order valence-corrected chi connectivity index (χ2v) is 7.18. The number of aliphatic hydroxyl groups is 4. The second-order valence-electron chi connectivity index (χ2n) is 7.18. The van der Waals surface area contributed by atoms with Gasteiger partial charge in [0.2, 0.25) is 16.9 Å². The van der Waals surface area contributed by atoms with Crippen molar-refractivity contribution in [3.05, 3.63) is 52.3 Å². The van der Waals surface area contributed by atoms with Gasteiger partial charge in [0.25, 0.3) is 0 Å². The van der Waals surface area contributed by atoms with Gasteiger partial charge in [-0.3, -0.25) is 4.79 Å². The summed E-state index contributed by atoms with van der Waals surface area (Å²) in [5, 5.41) is 78.4. The Morgan fingerprint density at radius 2 is 1.67 bits per heavy atom. The van der Waals surface area contributed by atoms with Crippen molar-refractivity contribution >= 4 is 11.0 Å². The number of hydrogen-bond acceptors (Lipinski definition) is 12. The molecule has 0 radical (unpaired) electrons. The van der Waals surface area contributed by atoms with Gasteiger partial charge in [-0.05, 0) is 18.2 Å². The summed E-state index contributed by atoms with van der Waals surface area (Å²) in [7, 11) is 0. The van der Waals surface area contributed by atoms with Gasteiger partial charge in [-0.2, -0.15) is 0 Å². The maximum absolute atomic E-state index is 13.2. The van der Waals surface area contributed by atoms with E-state index < -0.39 is 76.2 Å². The van der Waals surface area contributed by atoms with Crippen LogP contribution in [0.1, 0.15) is 0 Å². The van der Waals surface area contributed by atoms with E-state index >= 15 is 0 Å². The molecule has 8 N–H and O–H groups in total. The molecule has 1 aliphatic rings. The number of fused-ring (bicyclic) bond motifs is 1. The summed E-state index contributed by atoms with van der Waals surface area (Å²) in [4.78, 5) is 13.2. The lowest BCUT2D eigenvalue weighted by molar-refractivity contribution is -0.133. The number of benzene rings is 2. The fourth-order valence-electron chi connectivity index (χ4n) is 3.28. The van der Waals surface area contributed by atoms with E-state index in [-0.39, 0.29) is 16.9 Å². The Hall–Kier alpha value is -4.13. The lowest BCUT2D eigenvalue weighted by atomic mass is 10.0. The maximum Gasteiger partial charge on any atom is 0.327 e. The van der Waals surface area contributed by atoms with Crippen LogP contribution in [0.4, 0.5) is 0 Å². The standard InChI is InChI=1S/C21H18O12/c22-6-13-15(27)17(29)18(30)21(32-13)33-20-16(28)14-11(26)4-8(23)5-12(14)31-19(20)7-1-2-9(24)10(25)3-7/h1-5,13,15,17,22-27,29-30H,6H2/t13?,15-,17?/m1/s1. The number of hydrogen-bond donors (Lipinski definition) is 8. The molecular formula is C21H18O12. The summed E-state index contributed by atoms with van der Waals surface area (Å²) >= 11 is 0. The van der Waals surface area contributed by atoms with Crippen LogP contribution in [0.25, 0.3) is 22.3 Å². The van der Waals surface area contributed by atoms with Crippen LogP contribution in [-0.2, 0) is 4.74 Å². The molecule has 0 bridgehead atoms. The summed E-state index contributed by atoms with van der Waals surface area (Å²) in [5.74, 6) is -5.01. The topological polar surface area (TPSA) is 211 Å². The zero-order valence-electron chi connectivity index (χ0n) is 16.5. The Labute approximate surface area is 183 Å². The highest BCUT2D eigenvalue weighted by molar-refractivity contribution is 5.88. The number of aliphatic hydroxyl groups excluding tert-OH is 4. The van der Waals surface area contributed by atoms with Crippen LogP contribution in [-0.4, -0.2) is 65.8 Å². The third-order valence-corrected chi connectivity index (χ3v) is 4.98. The predicted molar refractivity (Wildman–Crippen MR) is 109 cm³/mol. The normalized spacial score (nSPS) is 20.6. The van der Waals surface area contributed by atoms with E-state index in [4.69, 9.17) is 13.9 Å². The molecule has 2 unspecified atom stereocenters. The van der Waals surface area contributed by atoms with Gasteiger partial charge in [0.05, 0.1) is 6.61 Å². The van der Waals surface area contributed by atoms with Crippen molar-refractivity contribution in [3.8, 4) is 40.1 Å². The first-order chi connectivity index (χ1) is 15.6. The molecule has 33 heavy (non-hydrogen) atoms. The van der Waals surface area contributed by atoms with Crippen molar-refractivity contribution in [3.63, 3.8) is 0 Å². The number of phenolic OH excluding ortho intramolecular Hbond substituents is 4. The van der Waals surface area contributed by atoms with Crippen LogP contribution in [0, 0.1) is 0 Å². The fraction of sp³-hybridized carbons (Fsp3) is 0.190. The molecule has 1 aromatic heterocycles. The number of ether oxygens (including phenoxy) is 2. The van der Waals surface area contributed by atoms with Crippen LogP contribution in [0.3, 0.4) is 0 Å². The van der Waals surface area contributed by atoms with E-state index in [0.717, 1.165) is 24.3 Å². The molecule has 3 atom stereocenters. The molecule has 0 saturated carbocycles. The van der Waals surface area contributed by atoms with Crippen LogP contribution in [0.5, 0.6) is 28.7 Å². The largest absolute Gasteiger partial charge is 0.508 e. The van der Waals surface area contributed by atoms with E-state index in [1.165, 1.54) is 6.07 Å². The van der Waals surface area contributed by atoms with Gasteiger partial charge in [-0.1, -0.05) is 0 Å². The predicted octanol–water partition coefficient (Wildman–Crippen LogP) is 0.501. The Balaban J connectivity index is 1.97. The van der Waals surface area contributed by atoms with Crippen molar-refractivity contribution in [1.29, 1.82) is 0 Å². The van der Waals surface area contributed by atoms with Crippen molar-refractivity contribution in [2.75, 3.05) is 6.61 Å². The molecule has 0 aliphatic carbocycles. The molecule has 0 spiro atoms. The molecule has 3 aromatic rings. The van der Waals surface area contributed by atoms with E-state index in [0.29, 0.717) is 0 Å². The molecule has 2 aromatic carbocycles. The number of aromatic hydroxyl groups is 4. The summed E-state index contributed by atoms with van der Waals surface area (Å²) in [6, 6.07) is 5.29. The molecule has 0 fully saturated rings. The van der Waals surface area contributed by atoms with Crippen molar-refractivity contribution in [2.45, 2.75) is 18.3 Å². The van der Waals surface area contributed by atoms with Gasteiger partial charge < -0.3 is 54.7 Å². The van der Waals surface area contributed by atoms with Gasteiger partial charge in [-0.15, -0.1) is 0 Å². The summed E-state index contributed by atoms with van der Waals surface area (Å²) in [5.41, 5.74) is -1.27. The highest BCUT2D eigenvalue weighted by Gasteiger charge is 2.40. The Morgan fingerprint density at radius 1 is 0.939 bits per heavy atom. The molecule has 1 aliphatic heterocycles. The highest BCUT2D eigenvalue weighted by atomic mass is 16.7. The third-order valence-electron chi connectivity index (χ3n) is 4.98. The Bertz CT molecular complexity index is 1330. The molecule has 12 heteroatoms. The quantitative estimate of drug-likeness (QED) is 0.249. The maximum atomic E-state index is 13.2. The van der Waals surface area contributed by atoms with Crippen LogP contribution < -0.4 is 10.2 Å². The molecule has 0 saturated heterocycles. The Morgan fingerprint density at radius 3 is 2.33 bits per heavy atom. The fourth-order valence-corrected chi connectivity index (χ4v) is 3.28. The molecule has 0 amide bonds. The minimum absolute atomic E-state index is 0.00248. The highest BCUT2D eigenvalue weighted by Crippen LogP contribution is 2.39. The minimum atomic E-state index is -1.91. The zero-order valence-corrected chi connectivity index (χ0v) is 16.5. The van der Waals surface area contributed by atoms with Gasteiger partial charge in [-0.25, -0.2) is 0 Å². The van der Waals surface area contributed by atoms with Crippen LogP contribution >= 0.6 is 0 Å². The van der Waals surface area contributed by atoms with Gasteiger partial charge in [0.15, 0.2) is 23.4 Å².